The van der Waals surface area contributed by atoms with E-state index in [1.54, 1.807) is 24.3 Å². The van der Waals surface area contributed by atoms with Gasteiger partial charge in [-0.3, -0.25) is 0 Å². The van der Waals surface area contributed by atoms with Gasteiger partial charge >= 0.3 is 0 Å². The second kappa shape index (κ2) is 13.1. The van der Waals surface area contributed by atoms with Gasteiger partial charge in [0.05, 0.1) is 6.61 Å². The molecule has 3 rings (SSSR count). The molecule has 0 saturated heterocycles. The highest BCUT2D eigenvalue weighted by Crippen LogP contribution is 2.32. The minimum atomic E-state index is -0.815. The van der Waals surface area contributed by atoms with Crippen LogP contribution in [0.4, 0.5) is 8.78 Å². The van der Waals surface area contributed by atoms with Gasteiger partial charge in [0.1, 0.15) is 5.75 Å². The molecule has 0 aliphatic rings. The molecule has 0 atom stereocenters. The van der Waals surface area contributed by atoms with Gasteiger partial charge < -0.3 is 4.74 Å². The second-order valence-corrected chi connectivity index (χ2v) is 8.73. The van der Waals surface area contributed by atoms with Crippen molar-refractivity contribution in [2.75, 3.05) is 6.61 Å². The average molecular weight is 451 g/mol. The van der Waals surface area contributed by atoms with E-state index in [4.69, 9.17) is 4.74 Å². The monoisotopic (exact) mass is 450 g/mol. The Morgan fingerprint density at radius 2 is 1.09 bits per heavy atom. The van der Waals surface area contributed by atoms with Gasteiger partial charge in [-0.2, -0.15) is 0 Å². The van der Waals surface area contributed by atoms with Crippen molar-refractivity contribution in [1.29, 1.82) is 0 Å². The Balaban J connectivity index is 1.66. The van der Waals surface area contributed by atoms with Crippen LogP contribution >= 0.6 is 0 Å². The van der Waals surface area contributed by atoms with Gasteiger partial charge in [-0.25, -0.2) is 8.78 Å². The first-order valence-electron chi connectivity index (χ1n) is 12.4. The summed E-state index contributed by atoms with van der Waals surface area (Å²) in [6.07, 6.45) is 10.5. The van der Waals surface area contributed by atoms with Crippen LogP contribution in [0.15, 0.2) is 60.7 Å². The first-order chi connectivity index (χ1) is 16.1. The summed E-state index contributed by atoms with van der Waals surface area (Å²) in [5, 5.41) is 0. The van der Waals surface area contributed by atoms with E-state index in [2.05, 4.69) is 13.8 Å². The zero-order valence-electron chi connectivity index (χ0n) is 20.0. The summed E-state index contributed by atoms with van der Waals surface area (Å²) in [6.45, 7) is 5.06. The van der Waals surface area contributed by atoms with Gasteiger partial charge in [0.25, 0.3) is 0 Å². The van der Waals surface area contributed by atoms with E-state index in [-0.39, 0.29) is 5.56 Å². The third-order valence-electron chi connectivity index (χ3n) is 6.10. The summed E-state index contributed by atoms with van der Waals surface area (Å²) in [4.78, 5) is 0. The normalized spacial score (nSPS) is 11.0. The third kappa shape index (κ3) is 7.15. The fraction of sp³-hybridized carbons (Fsp3) is 0.400. The molecule has 0 fully saturated rings. The van der Waals surface area contributed by atoms with Gasteiger partial charge in [-0.05, 0) is 48.1 Å². The lowest BCUT2D eigenvalue weighted by Crippen LogP contribution is -1.97. The molecular formula is C30H36F2O. The first-order valence-corrected chi connectivity index (χ1v) is 12.4. The lowest BCUT2D eigenvalue weighted by atomic mass is 9.97. The van der Waals surface area contributed by atoms with Crippen molar-refractivity contribution in [1.82, 2.24) is 0 Å². The zero-order valence-corrected chi connectivity index (χ0v) is 20.0. The molecule has 0 aliphatic heterocycles. The highest BCUT2D eigenvalue weighted by atomic mass is 19.2. The number of aryl methyl sites for hydroxylation is 1. The van der Waals surface area contributed by atoms with E-state index in [1.807, 2.05) is 36.4 Å². The van der Waals surface area contributed by atoms with E-state index in [0.717, 1.165) is 31.4 Å². The van der Waals surface area contributed by atoms with Crippen LogP contribution in [0.1, 0.15) is 70.8 Å². The molecule has 0 saturated carbocycles. The van der Waals surface area contributed by atoms with Crippen molar-refractivity contribution < 1.29 is 13.5 Å². The molecule has 3 aromatic carbocycles. The van der Waals surface area contributed by atoms with Crippen molar-refractivity contribution in [3.8, 4) is 28.0 Å². The molecular weight excluding hydrogens is 414 g/mol. The van der Waals surface area contributed by atoms with E-state index in [0.29, 0.717) is 23.3 Å². The van der Waals surface area contributed by atoms with Crippen LogP contribution < -0.4 is 4.74 Å². The zero-order chi connectivity index (χ0) is 23.5. The van der Waals surface area contributed by atoms with Gasteiger partial charge in [-0.15, -0.1) is 0 Å². The smallest absolute Gasteiger partial charge is 0.167 e. The summed E-state index contributed by atoms with van der Waals surface area (Å²) in [5.74, 6) is -0.869. The number of hydrogen-bond donors (Lipinski definition) is 0. The van der Waals surface area contributed by atoms with Crippen LogP contribution in [0.25, 0.3) is 22.3 Å². The molecule has 0 spiro atoms. The van der Waals surface area contributed by atoms with Crippen LogP contribution in [0.2, 0.25) is 0 Å². The van der Waals surface area contributed by atoms with Crippen molar-refractivity contribution >= 4 is 0 Å². The molecule has 0 bridgehead atoms. The molecule has 1 nitrogen and oxygen atoms in total. The van der Waals surface area contributed by atoms with E-state index in [9.17, 15) is 8.78 Å². The minimum Gasteiger partial charge on any atom is -0.494 e. The van der Waals surface area contributed by atoms with Crippen LogP contribution in [0.5, 0.6) is 5.75 Å². The van der Waals surface area contributed by atoms with Crippen molar-refractivity contribution in [3.05, 3.63) is 77.9 Å². The maximum absolute atomic E-state index is 15.0. The molecule has 0 aliphatic carbocycles. The van der Waals surface area contributed by atoms with Crippen LogP contribution in [0, 0.1) is 11.6 Å². The van der Waals surface area contributed by atoms with E-state index < -0.39 is 11.6 Å². The number of benzene rings is 3. The Labute approximate surface area is 197 Å². The summed E-state index contributed by atoms with van der Waals surface area (Å²) < 4.78 is 35.7. The number of rotatable bonds is 13. The lowest BCUT2D eigenvalue weighted by molar-refractivity contribution is 0.305. The van der Waals surface area contributed by atoms with E-state index >= 15 is 0 Å². The molecule has 33 heavy (non-hydrogen) atoms. The highest BCUT2D eigenvalue weighted by molar-refractivity contribution is 5.72. The Bertz CT molecular complexity index is 977. The maximum Gasteiger partial charge on any atom is 0.167 e. The van der Waals surface area contributed by atoms with Crippen LogP contribution in [0.3, 0.4) is 0 Å². The number of ether oxygens (including phenoxy) is 1. The van der Waals surface area contributed by atoms with Crippen molar-refractivity contribution in [2.24, 2.45) is 0 Å². The lowest BCUT2D eigenvalue weighted by Gasteiger charge is -2.11. The van der Waals surface area contributed by atoms with Gasteiger partial charge in [0, 0.05) is 11.1 Å². The Morgan fingerprint density at radius 1 is 0.576 bits per heavy atom. The molecule has 0 unspecified atom stereocenters. The molecule has 0 amide bonds. The first kappa shape index (κ1) is 25.0. The predicted octanol–water partition coefficient (Wildman–Crippen LogP) is 9.38. The van der Waals surface area contributed by atoms with Crippen molar-refractivity contribution in [3.63, 3.8) is 0 Å². The Morgan fingerprint density at radius 3 is 1.64 bits per heavy atom. The van der Waals surface area contributed by atoms with Crippen LogP contribution in [-0.4, -0.2) is 6.61 Å². The predicted molar refractivity (Wildman–Crippen MR) is 135 cm³/mol. The molecule has 3 heteroatoms. The quantitative estimate of drug-likeness (QED) is 0.236. The molecule has 0 N–H and O–H groups in total. The second-order valence-electron chi connectivity index (χ2n) is 8.73. The van der Waals surface area contributed by atoms with E-state index in [1.165, 1.54) is 37.7 Å². The van der Waals surface area contributed by atoms with Gasteiger partial charge in [-0.1, -0.05) is 101 Å². The fourth-order valence-electron chi connectivity index (χ4n) is 4.05. The SMILES string of the molecule is CCCCCCOc1ccc(-c2ccc(-c3ccc(CCCCCC)cc3)c(F)c2F)cc1. The summed E-state index contributed by atoms with van der Waals surface area (Å²) in [7, 11) is 0. The molecule has 0 heterocycles. The summed E-state index contributed by atoms with van der Waals surface area (Å²) >= 11 is 0. The van der Waals surface area contributed by atoms with Gasteiger partial charge in [0.15, 0.2) is 11.6 Å². The molecule has 0 radical (unpaired) electrons. The largest absolute Gasteiger partial charge is 0.494 e. The summed E-state index contributed by atoms with van der Waals surface area (Å²) in [5.41, 5.74) is 3.12. The average Bonchev–Trinajstić information content (AvgIpc) is 2.84. The minimum absolute atomic E-state index is 0.262. The third-order valence-corrected chi connectivity index (χ3v) is 6.10. The highest BCUT2D eigenvalue weighted by Gasteiger charge is 2.16. The fourth-order valence-corrected chi connectivity index (χ4v) is 4.05. The Hall–Kier alpha value is -2.68. The number of unbranched alkanes of at least 4 members (excludes halogenated alkanes) is 6. The Kier molecular flexibility index (Phi) is 9.93. The molecule has 0 aromatic heterocycles. The number of hydrogen-bond acceptors (Lipinski definition) is 1. The molecule has 176 valence electrons. The van der Waals surface area contributed by atoms with Gasteiger partial charge in [0.2, 0.25) is 0 Å². The summed E-state index contributed by atoms with van der Waals surface area (Å²) in [6, 6.07) is 18.4. The topological polar surface area (TPSA) is 9.23 Å². The van der Waals surface area contributed by atoms with Crippen LogP contribution in [-0.2, 0) is 6.42 Å². The number of halogens is 2. The standard InChI is InChI=1S/C30H36F2O/c1-3-5-7-9-11-23-12-14-24(15-13-23)27-20-21-28(30(32)29(27)31)25-16-18-26(19-17-25)33-22-10-8-6-4-2/h12-21H,3-11,22H2,1-2H3. The maximum atomic E-state index is 15.0. The molecule has 3 aromatic rings. The van der Waals surface area contributed by atoms with Crippen molar-refractivity contribution in [2.45, 2.75) is 71.6 Å².